The van der Waals surface area contributed by atoms with Crippen molar-refractivity contribution in [2.24, 2.45) is 5.92 Å². The molecule has 1 aliphatic rings. The average molecular weight is 385 g/mol. The number of ether oxygens (including phenoxy) is 2. The van der Waals surface area contributed by atoms with Crippen LogP contribution in [0.2, 0.25) is 0 Å². The summed E-state index contributed by atoms with van der Waals surface area (Å²) in [6.45, 7) is 3.30. The standard InChI is InChI=1S/C22H24FNO4/c1-3-28-22(26)20-14-24(12-15-4-10-18(27-2)11-5-15)13-19(21(20)25)16-6-8-17(23)9-7-16/h4-11,19-20H,3,12-14H2,1-2H3. The number of carbonyl (C=O) groups is 2. The van der Waals surface area contributed by atoms with Gasteiger partial charge in [-0.3, -0.25) is 14.5 Å². The van der Waals surface area contributed by atoms with E-state index in [0.717, 1.165) is 11.3 Å². The molecule has 0 spiro atoms. The van der Waals surface area contributed by atoms with Gasteiger partial charge in [0.15, 0.2) is 5.78 Å². The molecule has 1 aliphatic heterocycles. The zero-order valence-corrected chi connectivity index (χ0v) is 16.1. The van der Waals surface area contributed by atoms with Gasteiger partial charge < -0.3 is 9.47 Å². The Kier molecular flexibility index (Phi) is 6.41. The molecule has 0 radical (unpaired) electrons. The summed E-state index contributed by atoms with van der Waals surface area (Å²) >= 11 is 0. The van der Waals surface area contributed by atoms with Crippen LogP contribution in [0.4, 0.5) is 4.39 Å². The van der Waals surface area contributed by atoms with Crippen LogP contribution < -0.4 is 4.74 Å². The first-order valence-electron chi connectivity index (χ1n) is 9.33. The van der Waals surface area contributed by atoms with Gasteiger partial charge in [-0.05, 0) is 42.3 Å². The van der Waals surface area contributed by atoms with Crippen molar-refractivity contribution in [3.05, 3.63) is 65.5 Å². The fourth-order valence-electron chi connectivity index (χ4n) is 3.53. The Hall–Kier alpha value is -2.73. The van der Waals surface area contributed by atoms with E-state index >= 15 is 0 Å². The second-order valence-corrected chi connectivity index (χ2v) is 6.85. The first-order chi connectivity index (χ1) is 13.5. The van der Waals surface area contributed by atoms with E-state index in [1.165, 1.54) is 12.1 Å². The van der Waals surface area contributed by atoms with Crippen molar-refractivity contribution in [2.45, 2.75) is 19.4 Å². The van der Waals surface area contributed by atoms with E-state index < -0.39 is 17.8 Å². The Morgan fingerprint density at radius 3 is 2.39 bits per heavy atom. The van der Waals surface area contributed by atoms with Crippen molar-refractivity contribution >= 4 is 11.8 Å². The molecule has 1 heterocycles. The van der Waals surface area contributed by atoms with Crippen LogP contribution in [0.3, 0.4) is 0 Å². The Balaban J connectivity index is 1.83. The lowest BCUT2D eigenvalue weighted by Crippen LogP contribution is -2.48. The van der Waals surface area contributed by atoms with Gasteiger partial charge in [0.2, 0.25) is 0 Å². The van der Waals surface area contributed by atoms with E-state index in [1.807, 2.05) is 24.3 Å². The number of carbonyl (C=O) groups excluding carboxylic acids is 2. The molecule has 0 aliphatic carbocycles. The number of Topliss-reactive ketones (excluding diaryl/α,β-unsaturated/α-hetero) is 1. The van der Waals surface area contributed by atoms with Crippen molar-refractivity contribution < 1.29 is 23.5 Å². The van der Waals surface area contributed by atoms with Crippen LogP contribution in [-0.2, 0) is 20.9 Å². The molecule has 2 aromatic carbocycles. The second-order valence-electron chi connectivity index (χ2n) is 6.85. The average Bonchev–Trinajstić information content (AvgIpc) is 2.70. The zero-order chi connectivity index (χ0) is 20.1. The van der Waals surface area contributed by atoms with Gasteiger partial charge in [-0.25, -0.2) is 4.39 Å². The third-order valence-electron chi connectivity index (χ3n) is 4.98. The number of methoxy groups -OCH3 is 1. The lowest BCUT2D eigenvalue weighted by atomic mass is 9.83. The maximum atomic E-state index is 13.3. The minimum absolute atomic E-state index is 0.170. The molecule has 2 unspecified atom stereocenters. The molecule has 6 heteroatoms. The Morgan fingerprint density at radius 1 is 1.11 bits per heavy atom. The normalized spacial score (nSPS) is 20.0. The highest BCUT2D eigenvalue weighted by Gasteiger charge is 2.40. The molecule has 148 valence electrons. The molecule has 1 fully saturated rings. The van der Waals surface area contributed by atoms with Crippen LogP contribution >= 0.6 is 0 Å². The molecule has 28 heavy (non-hydrogen) atoms. The van der Waals surface area contributed by atoms with E-state index in [9.17, 15) is 14.0 Å². The molecule has 5 nitrogen and oxygen atoms in total. The number of hydrogen-bond acceptors (Lipinski definition) is 5. The summed E-state index contributed by atoms with van der Waals surface area (Å²) in [5.74, 6) is -1.60. The SMILES string of the molecule is CCOC(=O)C1CN(Cc2ccc(OC)cc2)CC(c2ccc(F)cc2)C1=O. The summed E-state index contributed by atoms with van der Waals surface area (Å²) in [6, 6.07) is 13.6. The largest absolute Gasteiger partial charge is 0.497 e. The van der Waals surface area contributed by atoms with E-state index in [0.29, 0.717) is 25.2 Å². The second kappa shape index (κ2) is 8.97. The number of rotatable bonds is 6. The molecule has 0 saturated carbocycles. The van der Waals surface area contributed by atoms with Crippen LogP contribution in [0.15, 0.2) is 48.5 Å². The number of likely N-dealkylation sites (tertiary alicyclic amines) is 1. The van der Waals surface area contributed by atoms with Crippen molar-refractivity contribution in [1.82, 2.24) is 4.90 Å². The molecular weight excluding hydrogens is 361 g/mol. The van der Waals surface area contributed by atoms with Gasteiger partial charge in [-0.2, -0.15) is 0 Å². The van der Waals surface area contributed by atoms with Gasteiger partial charge in [0.25, 0.3) is 0 Å². The summed E-state index contributed by atoms with van der Waals surface area (Å²) in [6.07, 6.45) is 0. The zero-order valence-electron chi connectivity index (χ0n) is 16.1. The van der Waals surface area contributed by atoms with Gasteiger partial charge in [0.1, 0.15) is 17.5 Å². The first-order valence-corrected chi connectivity index (χ1v) is 9.33. The smallest absolute Gasteiger partial charge is 0.317 e. The number of piperidine rings is 1. The van der Waals surface area contributed by atoms with Crippen LogP contribution in [0, 0.1) is 11.7 Å². The number of halogens is 1. The summed E-state index contributed by atoms with van der Waals surface area (Å²) < 4.78 is 23.6. The Bertz CT molecular complexity index is 819. The van der Waals surface area contributed by atoms with Crippen molar-refractivity contribution in [3.63, 3.8) is 0 Å². The lowest BCUT2D eigenvalue weighted by Gasteiger charge is -2.36. The van der Waals surface area contributed by atoms with Gasteiger partial charge in [0, 0.05) is 19.6 Å². The highest BCUT2D eigenvalue weighted by Crippen LogP contribution is 2.29. The summed E-state index contributed by atoms with van der Waals surface area (Å²) in [5, 5.41) is 0. The molecule has 0 amide bonds. The Morgan fingerprint density at radius 2 is 1.79 bits per heavy atom. The fraction of sp³-hybridized carbons (Fsp3) is 0.364. The number of esters is 1. The van der Waals surface area contributed by atoms with Gasteiger partial charge in [0.05, 0.1) is 19.6 Å². The molecule has 0 N–H and O–H groups in total. The molecule has 0 bridgehead atoms. The van der Waals surface area contributed by atoms with E-state index in [1.54, 1.807) is 26.2 Å². The maximum absolute atomic E-state index is 13.3. The van der Waals surface area contributed by atoms with Crippen LogP contribution in [0.25, 0.3) is 0 Å². The highest BCUT2D eigenvalue weighted by molar-refractivity contribution is 6.03. The van der Waals surface area contributed by atoms with Gasteiger partial charge >= 0.3 is 5.97 Å². The summed E-state index contributed by atoms with van der Waals surface area (Å²) in [5.41, 5.74) is 1.76. The fourth-order valence-corrected chi connectivity index (χ4v) is 3.53. The van der Waals surface area contributed by atoms with Gasteiger partial charge in [-0.1, -0.05) is 24.3 Å². The van der Waals surface area contributed by atoms with E-state index in [-0.39, 0.29) is 18.2 Å². The van der Waals surface area contributed by atoms with Crippen molar-refractivity contribution in [1.29, 1.82) is 0 Å². The van der Waals surface area contributed by atoms with Crippen LogP contribution in [0.5, 0.6) is 5.75 Å². The van der Waals surface area contributed by atoms with E-state index in [4.69, 9.17) is 9.47 Å². The van der Waals surface area contributed by atoms with Crippen molar-refractivity contribution in [2.75, 3.05) is 26.8 Å². The van der Waals surface area contributed by atoms with Crippen molar-refractivity contribution in [3.8, 4) is 5.75 Å². The molecule has 3 rings (SSSR count). The number of hydrogen-bond donors (Lipinski definition) is 0. The molecule has 0 aromatic heterocycles. The predicted octanol–water partition coefficient (Wildman–Crippen LogP) is 3.18. The third kappa shape index (κ3) is 4.57. The minimum atomic E-state index is -0.845. The third-order valence-corrected chi connectivity index (χ3v) is 4.98. The quantitative estimate of drug-likeness (QED) is 0.565. The van der Waals surface area contributed by atoms with Crippen LogP contribution in [-0.4, -0.2) is 43.5 Å². The number of benzene rings is 2. The monoisotopic (exact) mass is 385 g/mol. The molecule has 2 atom stereocenters. The highest BCUT2D eigenvalue weighted by atomic mass is 19.1. The van der Waals surface area contributed by atoms with E-state index in [2.05, 4.69) is 4.90 Å². The number of nitrogens with zero attached hydrogens (tertiary/aromatic N) is 1. The minimum Gasteiger partial charge on any atom is -0.497 e. The van der Waals surface area contributed by atoms with Gasteiger partial charge in [-0.15, -0.1) is 0 Å². The molecular formula is C22H24FNO4. The molecule has 2 aromatic rings. The molecule has 1 saturated heterocycles. The summed E-state index contributed by atoms with van der Waals surface area (Å²) in [7, 11) is 1.61. The first kappa shape index (κ1) is 20.0. The topological polar surface area (TPSA) is 55.8 Å². The van der Waals surface area contributed by atoms with Crippen LogP contribution in [0.1, 0.15) is 24.0 Å². The Labute approximate surface area is 164 Å². The summed E-state index contributed by atoms with van der Waals surface area (Å²) in [4.78, 5) is 27.4. The lowest BCUT2D eigenvalue weighted by molar-refractivity contribution is -0.154. The number of ketones is 1. The predicted molar refractivity (Wildman–Crippen MR) is 103 cm³/mol. The maximum Gasteiger partial charge on any atom is 0.317 e.